The van der Waals surface area contributed by atoms with Crippen molar-refractivity contribution in [3.8, 4) is 6.01 Å². The fourth-order valence-corrected chi connectivity index (χ4v) is 1.71. The van der Waals surface area contributed by atoms with Crippen LogP contribution in [-0.4, -0.2) is 22.1 Å². The largest absolute Gasteiger partial charge is 0.467 e. The van der Waals surface area contributed by atoms with E-state index in [0.717, 1.165) is 18.2 Å². The number of alkyl halides is 3. The highest BCUT2D eigenvalue weighted by Crippen LogP contribution is 2.34. The lowest BCUT2D eigenvalue weighted by Gasteiger charge is -2.11. The number of benzene rings is 1. The van der Waals surface area contributed by atoms with Crippen LogP contribution in [-0.2, 0) is 6.18 Å². The van der Waals surface area contributed by atoms with Gasteiger partial charge in [0.1, 0.15) is 0 Å². The van der Waals surface area contributed by atoms with Gasteiger partial charge in [-0.25, -0.2) is 0 Å². The second kappa shape index (κ2) is 5.90. The quantitative estimate of drug-likeness (QED) is 0.918. The molecule has 1 N–H and O–H groups in total. The van der Waals surface area contributed by atoms with E-state index in [-0.39, 0.29) is 28.0 Å². The molecule has 0 radical (unpaired) electrons. The molecule has 0 amide bonds. The van der Waals surface area contributed by atoms with Gasteiger partial charge in [0.05, 0.1) is 23.4 Å². The molecule has 21 heavy (non-hydrogen) atoms. The van der Waals surface area contributed by atoms with Crippen molar-refractivity contribution < 1.29 is 17.9 Å². The summed E-state index contributed by atoms with van der Waals surface area (Å²) in [6.07, 6.45) is -4.49. The van der Waals surface area contributed by atoms with Gasteiger partial charge >= 0.3 is 12.2 Å². The molecule has 0 saturated carbocycles. The molecule has 0 aliphatic rings. The van der Waals surface area contributed by atoms with Crippen molar-refractivity contribution in [3.63, 3.8) is 0 Å². The lowest BCUT2D eigenvalue weighted by atomic mass is 10.2. The minimum absolute atomic E-state index is 0.0178. The van der Waals surface area contributed by atoms with E-state index in [9.17, 15) is 13.2 Å². The van der Waals surface area contributed by atoms with Crippen LogP contribution >= 0.6 is 23.2 Å². The van der Waals surface area contributed by atoms with Gasteiger partial charge in [0, 0.05) is 0 Å². The summed E-state index contributed by atoms with van der Waals surface area (Å²) in [5.74, 6) is -0.0897. The van der Waals surface area contributed by atoms with Crippen LogP contribution in [0.5, 0.6) is 6.01 Å². The Morgan fingerprint density at radius 1 is 1.14 bits per heavy atom. The summed E-state index contributed by atoms with van der Waals surface area (Å²) in [7, 11) is 1.31. The smallest absolute Gasteiger partial charge is 0.416 e. The van der Waals surface area contributed by atoms with Gasteiger partial charge in [-0.2, -0.15) is 28.1 Å². The highest BCUT2D eigenvalue weighted by Gasteiger charge is 2.31. The topological polar surface area (TPSA) is 59.9 Å². The first-order chi connectivity index (χ1) is 9.79. The van der Waals surface area contributed by atoms with Gasteiger partial charge in [-0.1, -0.05) is 11.6 Å². The summed E-state index contributed by atoms with van der Waals surface area (Å²) < 4.78 is 42.8. The van der Waals surface area contributed by atoms with E-state index in [2.05, 4.69) is 20.3 Å². The number of nitrogens with one attached hydrogen (secondary N) is 1. The van der Waals surface area contributed by atoms with Crippen LogP contribution in [0.1, 0.15) is 5.56 Å². The van der Waals surface area contributed by atoms with Gasteiger partial charge in [0.15, 0.2) is 0 Å². The number of rotatable bonds is 3. The Labute approximate surface area is 127 Å². The molecule has 0 spiro atoms. The van der Waals surface area contributed by atoms with Gasteiger partial charge in [-0.3, -0.25) is 0 Å². The molecule has 0 bridgehead atoms. The van der Waals surface area contributed by atoms with Gasteiger partial charge in [0.25, 0.3) is 0 Å². The molecule has 0 saturated heterocycles. The maximum absolute atomic E-state index is 12.7. The third-order valence-electron chi connectivity index (χ3n) is 2.31. The molecule has 10 heteroatoms. The number of nitrogens with zero attached hydrogens (tertiary/aromatic N) is 3. The fourth-order valence-electron chi connectivity index (χ4n) is 1.40. The Morgan fingerprint density at radius 3 is 2.48 bits per heavy atom. The first kappa shape index (κ1) is 15.6. The molecule has 0 atom stereocenters. The molecule has 0 aliphatic carbocycles. The minimum atomic E-state index is -4.49. The number of aromatic nitrogens is 3. The first-order valence-corrected chi connectivity index (χ1v) is 6.14. The number of hydrogen-bond donors (Lipinski definition) is 1. The van der Waals surface area contributed by atoms with E-state index in [4.69, 9.17) is 27.9 Å². The maximum Gasteiger partial charge on any atom is 0.416 e. The standard InChI is InChI=1S/C11H7Cl2F3N4O/c1-21-10-19-8(13)18-9(20-10)17-7-4-5(11(14,15)16)2-3-6(7)12/h2-4H,1H3,(H,17,18,19,20). The zero-order valence-corrected chi connectivity index (χ0v) is 11.9. The van der Waals surface area contributed by atoms with E-state index in [1.165, 1.54) is 7.11 Å². The molecular formula is C11H7Cl2F3N4O. The molecule has 112 valence electrons. The molecule has 1 heterocycles. The molecule has 2 rings (SSSR count). The number of ether oxygens (including phenoxy) is 1. The average molecular weight is 339 g/mol. The van der Waals surface area contributed by atoms with Crippen LogP contribution in [0.25, 0.3) is 0 Å². The summed E-state index contributed by atoms with van der Waals surface area (Å²) in [4.78, 5) is 11.2. The van der Waals surface area contributed by atoms with Crippen LogP contribution in [0.4, 0.5) is 24.8 Å². The summed E-state index contributed by atoms with van der Waals surface area (Å²) in [6.45, 7) is 0. The fraction of sp³-hybridized carbons (Fsp3) is 0.182. The van der Waals surface area contributed by atoms with Crippen LogP contribution in [0.3, 0.4) is 0 Å². The van der Waals surface area contributed by atoms with E-state index in [1.807, 2.05) is 0 Å². The Kier molecular flexibility index (Phi) is 4.38. The van der Waals surface area contributed by atoms with E-state index in [1.54, 1.807) is 0 Å². The Morgan fingerprint density at radius 2 is 1.86 bits per heavy atom. The summed E-state index contributed by atoms with van der Waals surface area (Å²) in [5, 5.41) is 2.44. The number of anilines is 2. The van der Waals surface area contributed by atoms with Crippen molar-refractivity contribution in [1.29, 1.82) is 0 Å². The molecule has 0 fully saturated rings. The minimum Gasteiger partial charge on any atom is -0.467 e. The van der Waals surface area contributed by atoms with Gasteiger partial charge in [-0.05, 0) is 29.8 Å². The average Bonchev–Trinajstić information content (AvgIpc) is 2.39. The third-order valence-corrected chi connectivity index (χ3v) is 2.81. The van der Waals surface area contributed by atoms with Crippen LogP contribution in [0.15, 0.2) is 18.2 Å². The second-order valence-electron chi connectivity index (χ2n) is 3.73. The number of halogens is 5. The van der Waals surface area contributed by atoms with Gasteiger partial charge in [-0.15, -0.1) is 0 Å². The van der Waals surface area contributed by atoms with Crippen molar-refractivity contribution in [3.05, 3.63) is 34.1 Å². The lowest BCUT2D eigenvalue weighted by molar-refractivity contribution is -0.137. The van der Waals surface area contributed by atoms with E-state index >= 15 is 0 Å². The van der Waals surface area contributed by atoms with Gasteiger partial charge in [0.2, 0.25) is 11.2 Å². The van der Waals surface area contributed by atoms with Crippen LogP contribution in [0.2, 0.25) is 10.3 Å². The molecule has 2 aromatic rings. The van der Waals surface area contributed by atoms with Crippen molar-refractivity contribution in [1.82, 2.24) is 15.0 Å². The van der Waals surface area contributed by atoms with Crippen molar-refractivity contribution in [2.45, 2.75) is 6.18 Å². The SMILES string of the molecule is COc1nc(Cl)nc(Nc2cc(C(F)(F)F)ccc2Cl)n1. The highest BCUT2D eigenvalue weighted by atomic mass is 35.5. The zero-order chi connectivity index (χ0) is 15.6. The summed E-state index contributed by atoms with van der Waals surface area (Å²) in [6, 6.07) is 2.74. The van der Waals surface area contributed by atoms with Crippen molar-refractivity contribution in [2.24, 2.45) is 0 Å². The predicted octanol–water partition coefficient (Wildman–Crippen LogP) is 3.95. The Bertz CT molecular complexity index is 666. The van der Waals surface area contributed by atoms with E-state index in [0.29, 0.717) is 0 Å². The summed E-state index contributed by atoms with van der Waals surface area (Å²) >= 11 is 11.5. The highest BCUT2D eigenvalue weighted by molar-refractivity contribution is 6.33. The maximum atomic E-state index is 12.7. The van der Waals surface area contributed by atoms with Crippen LogP contribution in [0, 0.1) is 0 Å². The zero-order valence-electron chi connectivity index (χ0n) is 10.4. The van der Waals surface area contributed by atoms with Crippen LogP contribution < -0.4 is 10.1 Å². The number of hydrogen-bond acceptors (Lipinski definition) is 5. The van der Waals surface area contributed by atoms with Crippen molar-refractivity contribution in [2.75, 3.05) is 12.4 Å². The monoisotopic (exact) mass is 338 g/mol. The Balaban J connectivity index is 2.37. The molecule has 5 nitrogen and oxygen atoms in total. The Hall–Kier alpha value is -1.80. The normalized spacial score (nSPS) is 11.3. The third kappa shape index (κ3) is 3.85. The molecule has 0 aliphatic heterocycles. The van der Waals surface area contributed by atoms with Gasteiger partial charge < -0.3 is 10.1 Å². The van der Waals surface area contributed by atoms with Crippen molar-refractivity contribution >= 4 is 34.8 Å². The summed E-state index contributed by atoms with van der Waals surface area (Å²) in [5.41, 5.74) is -0.877. The second-order valence-corrected chi connectivity index (χ2v) is 4.48. The molecule has 1 aromatic carbocycles. The lowest BCUT2D eigenvalue weighted by Crippen LogP contribution is -2.07. The molecule has 1 aromatic heterocycles. The van der Waals surface area contributed by atoms with E-state index < -0.39 is 11.7 Å². The molecule has 0 unspecified atom stereocenters. The number of methoxy groups -OCH3 is 1. The first-order valence-electron chi connectivity index (χ1n) is 5.39. The predicted molar refractivity (Wildman–Crippen MR) is 71.1 cm³/mol. The molecular weight excluding hydrogens is 332 g/mol.